The first kappa shape index (κ1) is 32.5. The highest BCUT2D eigenvalue weighted by Crippen LogP contribution is 2.54. The lowest BCUT2D eigenvalue weighted by Gasteiger charge is -2.24. The highest BCUT2D eigenvalue weighted by atomic mass is 16.2. The van der Waals surface area contributed by atoms with Crippen LogP contribution < -0.4 is 0 Å². The zero-order valence-corrected chi connectivity index (χ0v) is 25.4. The molecule has 4 amide bonds. The Hall–Kier alpha value is -2.76. The number of likely N-dealkylation sites (tertiary alicyclic amines) is 2. The van der Waals surface area contributed by atoms with Gasteiger partial charge in [0, 0.05) is 0 Å². The molecule has 0 aromatic heterocycles. The second-order valence-electron chi connectivity index (χ2n) is 11.0. The maximum absolute atomic E-state index is 12.8. The van der Waals surface area contributed by atoms with E-state index in [0.717, 1.165) is 25.7 Å². The Kier molecular flexibility index (Phi) is 11.7. The van der Waals surface area contributed by atoms with E-state index < -0.39 is 0 Å². The van der Waals surface area contributed by atoms with Crippen molar-refractivity contribution in [3.8, 4) is 0 Å². The van der Waals surface area contributed by atoms with Gasteiger partial charge in [-0.1, -0.05) is 77.0 Å². The van der Waals surface area contributed by atoms with Crippen LogP contribution >= 0.6 is 0 Å². The van der Waals surface area contributed by atoms with Crippen molar-refractivity contribution in [3.05, 3.63) is 48.6 Å². The van der Waals surface area contributed by atoms with Crippen LogP contribution in [-0.4, -0.2) is 40.1 Å². The van der Waals surface area contributed by atoms with Crippen LogP contribution in [0.4, 0.5) is 0 Å². The number of amides is 4. The molecule has 4 aliphatic carbocycles. The fraction of sp³-hybridized carbons (Fsp3) is 0.636. The van der Waals surface area contributed by atoms with Crippen LogP contribution in [0.5, 0.6) is 0 Å². The van der Waals surface area contributed by atoms with Crippen molar-refractivity contribution in [1.82, 2.24) is 9.80 Å². The van der Waals surface area contributed by atoms with Gasteiger partial charge in [0.25, 0.3) is 0 Å². The summed E-state index contributed by atoms with van der Waals surface area (Å²) in [4.78, 5) is 53.5. The van der Waals surface area contributed by atoms with Gasteiger partial charge in [0.1, 0.15) is 6.67 Å². The van der Waals surface area contributed by atoms with Gasteiger partial charge in [0.2, 0.25) is 23.6 Å². The molecule has 8 unspecified atom stereocenters. The number of allylic oxidation sites excluding steroid dienone is 6. The van der Waals surface area contributed by atoms with Gasteiger partial charge in [-0.2, -0.15) is 0 Å². The summed E-state index contributed by atoms with van der Waals surface area (Å²) in [5, 5.41) is 0. The summed E-state index contributed by atoms with van der Waals surface area (Å²) >= 11 is 0. The minimum atomic E-state index is -0.285. The van der Waals surface area contributed by atoms with E-state index in [9.17, 15) is 19.2 Å². The van der Waals surface area contributed by atoms with Crippen molar-refractivity contribution < 1.29 is 19.2 Å². The van der Waals surface area contributed by atoms with Crippen LogP contribution in [-0.2, 0) is 19.2 Å². The molecule has 0 aromatic rings. The molecule has 6 aliphatic rings. The quantitative estimate of drug-likeness (QED) is 0.300. The largest absolute Gasteiger partial charge is 0.274 e. The van der Waals surface area contributed by atoms with Gasteiger partial charge in [0.15, 0.2) is 0 Å². The molecule has 39 heavy (non-hydrogen) atoms. The molecule has 4 fully saturated rings. The average molecular weight is 539 g/mol. The van der Waals surface area contributed by atoms with Gasteiger partial charge < -0.3 is 0 Å². The molecular weight excluding hydrogens is 488 g/mol. The highest BCUT2D eigenvalue weighted by Gasteiger charge is 2.62. The Morgan fingerprint density at radius 1 is 0.615 bits per heavy atom. The summed E-state index contributed by atoms with van der Waals surface area (Å²) in [6.07, 6.45) is 12.1. The van der Waals surface area contributed by atoms with Gasteiger partial charge >= 0.3 is 0 Å². The summed E-state index contributed by atoms with van der Waals surface area (Å²) in [7, 11) is 0. The van der Waals surface area contributed by atoms with E-state index in [2.05, 4.69) is 27.0 Å². The second-order valence-corrected chi connectivity index (χ2v) is 11.0. The molecule has 0 N–H and O–H groups in total. The molecule has 2 heterocycles. The number of nitrogens with zero attached hydrogens (tertiary/aromatic N) is 2. The highest BCUT2D eigenvalue weighted by molar-refractivity contribution is 6.09. The summed E-state index contributed by atoms with van der Waals surface area (Å²) < 4.78 is 0. The Morgan fingerprint density at radius 3 is 1.00 bits per heavy atom. The monoisotopic (exact) mass is 538 g/mol. The van der Waals surface area contributed by atoms with E-state index >= 15 is 0 Å². The fourth-order valence-electron chi connectivity index (χ4n) is 6.35. The molecule has 4 bridgehead atoms. The zero-order chi connectivity index (χ0) is 29.6. The van der Waals surface area contributed by atoms with Gasteiger partial charge in [-0.05, 0) is 63.2 Å². The van der Waals surface area contributed by atoms with E-state index in [1.165, 1.54) is 20.9 Å². The lowest BCUT2D eigenvalue weighted by atomic mass is 9.85. The number of rotatable bonds is 4. The van der Waals surface area contributed by atoms with Crippen LogP contribution in [0.3, 0.4) is 0 Å². The molecule has 0 spiro atoms. The van der Waals surface area contributed by atoms with Gasteiger partial charge in [0.05, 0.1) is 23.7 Å². The molecule has 8 atom stereocenters. The Labute approximate surface area is 236 Å². The van der Waals surface area contributed by atoms with E-state index in [-0.39, 0.29) is 77.6 Å². The van der Waals surface area contributed by atoms with Crippen molar-refractivity contribution in [2.45, 2.75) is 81.1 Å². The molecule has 2 saturated heterocycles. The van der Waals surface area contributed by atoms with Crippen LogP contribution in [0.25, 0.3) is 0 Å². The van der Waals surface area contributed by atoms with Crippen LogP contribution in [0.2, 0.25) is 0 Å². The van der Waals surface area contributed by atoms with E-state index in [0.29, 0.717) is 0 Å². The summed E-state index contributed by atoms with van der Waals surface area (Å²) in [5.41, 5.74) is 2.51. The second kappa shape index (κ2) is 14.0. The summed E-state index contributed by atoms with van der Waals surface area (Å²) in [6, 6.07) is 0. The maximum atomic E-state index is 12.8. The third-order valence-electron chi connectivity index (χ3n) is 8.61. The van der Waals surface area contributed by atoms with Crippen LogP contribution in [0, 0.1) is 47.3 Å². The smallest absolute Gasteiger partial charge is 0.235 e. The standard InChI is InChI=1S/C19H18N2O4.2C5H10.2C2H6/c22-16-12-8-1-2-9(5-8)13(12)17(23)20(16)7-21-18(24)14-10-3-4-11(6-10)15(14)19(21)25;2*1-4-5(2)3;2*1-2/h1-4,8-15H,5-7H2;2*2,4H2,1,3H3;2*1-2H3. The maximum Gasteiger partial charge on any atom is 0.235 e. The average Bonchev–Trinajstić information content (AvgIpc) is 3.79. The van der Waals surface area contributed by atoms with Crippen molar-refractivity contribution in [1.29, 1.82) is 0 Å². The number of hydrogen-bond acceptors (Lipinski definition) is 4. The van der Waals surface area contributed by atoms with Gasteiger partial charge in [-0.3, -0.25) is 29.0 Å². The first-order valence-electron chi connectivity index (χ1n) is 15.0. The third kappa shape index (κ3) is 6.20. The first-order valence-corrected chi connectivity index (χ1v) is 15.0. The number of hydrogen-bond donors (Lipinski definition) is 0. The lowest BCUT2D eigenvalue weighted by Crippen LogP contribution is -2.46. The van der Waals surface area contributed by atoms with Gasteiger partial charge in [-0.25, -0.2) is 0 Å². The van der Waals surface area contributed by atoms with Crippen molar-refractivity contribution >= 4 is 23.6 Å². The van der Waals surface area contributed by atoms with Crippen molar-refractivity contribution in [2.75, 3.05) is 6.67 Å². The molecule has 6 heteroatoms. The molecule has 2 aliphatic heterocycles. The zero-order valence-electron chi connectivity index (χ0n) is 25.4. The number of carbonyl (C=O) groups is 4. The topological polar surface area (TPSA) is 74.8 Å². The first-order chi connectivity index (χ1) is 18.6. The number of imide groups is 2. The van der Waals surface area contributed by atoms with Crippen molar-refractivity contribution in [2.24, 2.45) is 47.3 Å². The van der Waals surface area contributed by atoms with E-state index in [1.807, 2.05) is 65.8 Å². The molecular formula is C33H50N2O4. The minimum Gasteiger partial charge on any atom is -0.274 e. The normalized spacial score (nSPS) is 33.3. The number of carbonyl (C=O) groups excluding carboxylic acids is 4. The summed E-state index contributed by atoms with van der Waals surface area (Å²) in [5.74, 6) is -1.39. The minimum absolute atomic E-state index is 0.140. The molecule has 216 valence electrons. The lowest BCUT2D eigenvalue weighted by molar-refractivity contribution is -0.149. The third-order valence-corrected chi connectivity index (χ3v) is 8.61. The predicted molar refractivity (Wildman–Crippen MR) is 157 cm³/mol. The molecule has 0 aromatic carbocycles. The van der Waals surface area contributed by atoms with E-state index in [4.69, 9.17) is 0 Å². The fourth-order valence-corrected chi connectivity index (χ4v) is 6.35. The molecule has 6 rings (SSSR count). The van der Waals surface area contributed by atoms with E-state index in [1.54, 1.807) is 0 Å². The Balaban J connectivity index is 0.000000324. The Bertz CT molecular complexity index is 885. The van der Waals surface area contributed by atoms with Crippen molar-refractivity contribution in [3.63, 3.8) is 0 Å². The van der Waals surface area contributed by atoms with Crippen LogP contribution in [0.1, 0.15) is 81.1 Å². The van der Waals surface area contributed by atoms with Crippen LogP contribution in [0.15, 0.2) is 48.6 Å². The Morgan fingerprint density at radius 2 is 0.821 bits per heavy atom. The van der Waals surface area contributed by atoms with Gasteiger partial charge in [-0.15, -0.1) is 13.2 Å². The number of fused-ring (bicyclic) bond motifs is 10. The molecule has 0 radical (unpaired) electrons. The molecule has 6 nitrogen and oxygen atoms in total. The SMILES string of the molecule is C=C(C)CC.C=C(C)CC.CC.CC.O=C1C2C3C=CC(C3)C2C(=O)N1CN1C(=O)C2C3C=CC(C3)C2C1=O. The molecule has 2 saturated carbocycles. The summed E-state index contributed by atoms with van der Waals surface area (Å²) in [6.45, 7) is 23.4. The predicted octanol–water partition coefficient (Wildman–Crippen LogP) is 6.56.